The lowest BCUT2D eigenvalue weighted by Gasteiger charge is -2.18. The number of hydrogen-bond donors (Lipinski definition) is 1. The second-order valence-corrected chi connectivity index (χ2v) is 5.88. The maximum Gasteiger partial charge on any atom is 0.244 e. The molecule has 17 heavy (non-hydrogen) atoms. The maximum absolute atomic E-state index is 12.2. The van der Waals surface area contributed by atoms with Gasteiger partial charge in [0.2, 0.25) is 5.91 Å². The van der Waals surface area contributed by atoms with Crippen LogP contribution in [-0.2, 0) is 4.79 Å². The van der Waals surface area contributed by atoms with E-state index in [1.54, 1.807) is 0 Å². The lowest BCUT2D eigenvalue weighted by molar-refractivity contribution is -0.118. The zero-order chi connectivity index (χ0) is 12.4. The van der Waals surface area contributed by atoms with Gasteiger partial charge in [-0.1, -0.05) is 19.9 Å². The van der Waals surface area contributed by atoms with Crippen molar-refractivity contribution in [1.29, 1.82) is 0 Å². The highest BCUT2D eigenvalue weighted by atomic mass is 127. The number of nitrogens with zero attached hydrogens (tertiary/aromatic N) is 1. The molecule has 2 rings (SSSR count). The summed E-state index contributed by atoms with van der Waals surface area (Å²) < 4.78 is 1.16. The van der Waals surface area contributed by atoms with Gasteiger partial charge in [0.05, 0.1) is 6.04 Å². The van der Waals surface area contributed by atoms with Crippen LogP contribution in [0.15, 0.2) is 24.3 Å². The number of rotatable bonds is 3. The molecule has 1 fully saturated rings. The SMILES string of the molecule is CC(C)NC1CCN(c2cccc(I)c2)C1=O. The van der Waals surface area contributed by atoms with E-state index in [4.69, 9.17) is 0 Å². The molecule has 4 heteroatoms. The number of hydrogen-bond acceptors (Lipinski definition) is 2. The van der Waals surface area contributed by atoms with Gasteiger partial charge in [0.25, 0.3) is 0 Å². The lowest BCUT2D eigenvalue weighted by Crippen LogP contribution is -2.41. The summed E-state index contributed by atoms with van der Waals surface area (Å²) in [5.74, 6) is 0.195. The molecule has 3 nitrogen and oxygen atoms in total. The van der Waals surface area contributed by atoms with Crippen molar-refractivity contribution >= 4 is 34.2 Å². The Morgan fingerprint density at radius 1 is 1.47 bits per heavy atom. The molecule has 1 atom stereocenters. The second kappa shape index (κ2) is 5.35. The van der Waals surface area contributed by atoms with Crippen LogP contribution in [0.5, 0.6) is 0 Å². The molecule has 1 aliphatic heterocycles. The van der Waals surface area contributed by atoms with Gasteiger partial charge in [-0.15, -0.1) is 0 Å². The first-order valence-corrected chi connectivity index (χ1v) is 6.99. The number of carbonyl (C=O) groups excluding carboxylic acids is 1. The van der Waals surface area contributed by atoms with Gasteiger partial charge < -0.3 is 10.2 Å². The van der Waals surface area contributed by atoms with Crippen LogP contribution in [0.4, 0.5) is 5.69 Å². The summed E-state index contributed by atoms with van der Waals surface area (Å²) in [7, 11) is 0. The lowest BCUT2D eigenvalue weighted by atomic mass is 10.2. The predicted molar refractivity (Wildman–Crippen MR) is 78.2 cm³/mol. The Kier molecular flexibility index (Phi) is 4.04. The quantitative estimate of drug-likeness (QED) is 0.854. The van der Waals surface area contributed by atoms with Crippen LogP contribution in [0.25, 0.3) is 0 Å². The third-order valence-corrected chi connectivity index (χ3v) is 3.53. The van der Waals surface area contributed by atoms with Gasteiger partial charge in [0.15, 0.2) is 0 Å². The molecule has 1 aromatic rings. The molecule has 1 heterocycles. The molecule has 0 aliphatic carbocycles. The molecule has 1 aliphatic rings. The molecule has 1 unspecified atom stereocenters. The van der Waals surface area contributed by atoms with Crippen LogP contribution >= 0.6 is 22.6 Å². The summed E-state index contributed by atoms with van der Waals surface area (Å²) in [5.41, 5.74) is 1.01. The van der Waals surface area contributed by atoms with Crippen molar-refractivity contribution in [3.63, 3.8) is 0 Å². The van der Waals surface area contributed by atoms with Crippen LogP contribution in [-0.4, -0.2) is 24.5 Å². The monoisotopic (exact) mass is 344 g/mol. The summed E-state index contributed by atoms with van der Waals surface area (Å²) in [6, 6.07) is 8.41. The molecule has 92 valence electrons. The van der Waals surface area contributed by atoms with Crippen molar-refractivity contribution in [3.8, 4) is 0 Å². The third kappa shape index (κ3) is 2.98. The van der Waals surface area contributed by atoms with Crippen molar-refractivity contribution in [1.82, 2.24) is 5.32 Å². The van der Waals surface area contributed by atoms with Crippen molar-refractivity contribution in [2.45, 2.75) is 32.4 Å². The minimum absolute atomic E-state index is 0.0205. The normalized spacial score (nSPS) is 20.4. The number of amides is 1. The van der Waals surface area contributed by atoms with E-state index in [-0.39, 0.29) is 11.9 Å². The van der Waals surface area contributed by atoms with Gasteiger partial charge in [-0.25, -0.2) is 0 Å². The van der Waals surface area contributed by atoms with E-state index in [0.29, 0.717) is 6.04 Å². The van der Waals surface area contributed by atoms with Gasteiger partial charge >= 0.3 is 0 Å². The average Bonchev–Trinajstić information content (AvgIpc) is 2.60. The first-order valence-electron chi connectivity index (χ1n) is 5.91. The number of carbonyl (C=O) groups is 1. The van der Waals surface area contributed by atoms with E-state index in [1.165, 1.54) is 0 Å². The van der Waals surface area contributed by atoms with Gasteiger partial charge in [0, 0.05) is 21.8 Å². The smallest absolute Gasteiger partial charge is 0.244 e. The number of benzene rings is 1. The van der Waals surface area contributed by atoms with Crippen LogP contribution in [0, 0.1) is 3.57 Å². The van der Waals surface area contributed by atoms with Gasteiger partial charge in [0.1, 0.15) is 0 Å². The minimum Gasteiger partial charge on any atom is -0.311 e. The van der Waals surface area contributed by atoms with Crippen LogP contribution < -0.4 is 10.2 Å². The fourth-order valence-corrected chi connectivity index (χ4v) is 2.66. The number of halogens is 1. The molecular formula is C13H17IN2O. The largest absolute Gasteiger partial charge is 0.311 e. The van der Waals surface area contributed by atoms with Gasteiger partial charge in [-0.2, -0.15) is 0 Å². The number of anilines is 1. The molecule has 1 aromatic carbocycles. The van der Waals surface area contributed by atoms with E-state index in [1.807, 2.05) is 23.1 Å². The van der Waals surface area contributed by atoms with Crippen LogP contribution in [0.1, 0.15) is 20.3 Å². The molecule has 1 saturated heterocycles. The summed E-state index contributed by atoms with van der Waals surface area (Å²) in [4.78, 5) is 14.1. The van der Waals surface area contributed by atoms with Crippen molar-refractivity contribution < 1.29 is 4.79 Å². The molecule has 1 amide bonds. The van der Waals surface area contributed by atoms with Crippen molar-refractivity contribution in [2.75, 3.05) is 11.4 Å². The van der Waals surface area contributed by atoms with Crippen LogP contribution in [0.3, 0.4) is 0 Å². The third-order valence-electron chi connectivity index (χ3n) is 2.86. The predicted octanol–water partition coefficient (Wildman–Crippen LogP) is 2.39. The van der Waals surface area contributed by atoms with E-state index in [2.05, 4.69) is 47.8 Å². The molecular weight excluding hydrogens is 327 g/mol. The summed E-state index contributed by atoms with van der Waals surface area (Å²) in [6.45, 7) is 4.95. The Bertz CT molecular complexity index is 420. The highest BCUT2D eigenvalue weighted by molar-refractivity contribution is 14.1. The summed E-state index contributed by atoms with van der Waals surface area (Å²) in [5, 5.41) is 3.31. The standard InChI is InChI=1S/C13H17IN2O/c1-9(2)15-12-6-7-16(13(12)17)11-5-3-4-10(14)8-11/h3-5,8-9,12,15H,6-7H2,1-2H3. The minimum atomic E-state index is -0.0205. The highest BCUT2D eigenvalue weighted by Crippen LogP contribution is 2.23. The van der Waals surface area contributed by atoms with Crippen LogP contribution in [0.2, 0.25) is 0 Å². The topological polar surface area (TPSA) is 32.3 Å². The Labute approximate surface area is 116 Å². The molecule has 0 spiro atoms. The Morgan fingerprint density at radius 3 is 2.88 bits per heavy atom. The molecule has 0 bridgehead atoms. The van der Waals surface area contributed by atoms with Gasteiger partial charge in [-0.3, -0.25) is 4.79 Å². The zero-order valence-electron chi connectivity index (χ0n) is 10.1. The van der Waals surface area contributed by atoms with E-state index >= 15 is 0 Å². The fraction of sp³-hybridized carbons (Fsp3) is 0.462. The fourth-order valence-electron chi connectivity index (χ4n) is 2.14. The first-order chi connectivity index (χ1) is 8.08. The molecule has 0 aromatic heterocycles. The maximum atomic E-state index is 12.2. The van der Waals surface area contributed by atoms with Crippen molar-refractivity contribution in [2.24, 2.45) is 0 Å². The highest BCUT2D eigenvalue weighted by Gasteiger charge is 2.32. The number of nitrogens with one attached hydrogen (secondary N) is 1. The van der Waals surface area contributed by atoms with E-state index < -0.39 is 0 Å². The van der Waals surface area contributed by atoms with E-state index in [0.717, 1.165) is 22.2 Å². The molecule has 0 saturated carbocycles. The van der Waals surface area contributed by atoms with Crippen molar-refractivity contribution in [3.05, 3.63) is 27.8 Å². The summed E-state index contributed by atoms with van der Waals surface area (Å²) >= 11 is 2.27. The zero-order valence-corrected chi connectivity index (χ0v) is 12.3. The van der Waals surface area contributed by atoms with E-state index in [9.17, 15) is 4.79 Å². The Morgan fingerprint density at radius 2 is 2.24 bits per heavy atom. The summed E-state index contributed by atoms with van der Waals surface area (Å²) in [6.07, 6.45) is 0.891. The van der Waals surface area contributed by atoms with Gasteiger partial charge in [-0.05, 0) is 47.2 Å². The second-order valence-electron chi connectivity index (χ2n) is 4.63. The Balaban J connectivity index is 2.12. The average molecular weight is 344 g/mol. The molecule has 1 N–H and O–H groups in total. The molecule has 0 radical (unpaired) electrons. The first kappa shape index (κ1) is 12.8. The Hall–Kier alpha value is -0.620.